The molecular formula is C21H22FN7O. The minimum absolute atomic E-state index is 0.319. The van der Waals surface area contributed by atoms with Crippen LogP contribution in [0.1, 0.15) is 34.8 Å². The zero-order valence-corrected chi connectivity index (χ0v) is 17.1. The summed E-state index contributed by atoms with van der Waals surface area (Å²) < 4.78 is 13.3. The molecule has 0 saturated heterocycles. The van der Waals surface area contributed by atoms with E-state index in [0.29, 0.717) is 29.4 Å². The summed E-state index contributed by atoms with van der Waals surface area (Å²) in [7, 11) is 1.74. The molecule has 3 heterocycles. The molecule has 0 fully saturated rings. The number of rotatable bonds is 4. The second-order valence-corrected chi connectivity index (χ2v) is 7.35. The van der Waals surface area contributed by atoms with Crippen molar-refractivity contribution in [3.05, 3.63) is 64.6 Å². The van der Waals surface area contributed by atoms with Gasteiger partial charge < -0.3 is 10.2 Å². The van der Waals surface area contributed by atoms with Gasteiger partial charge in [0.1, 0.15) is 11.6 Å². The molecule has 2 aromatic heterocycles. The van der Waals surface area contributed by atoms with Gasteiger partial charge in [-0.3, -0.25) is 4.79 Å². The molecule has 0 spiro atoms. The van der Waals surface area contributed by atoms with E-state index in [0.717, 1.165) is 24.1 Å². The Morgan fingerprint density at radius 2 is 2.03 bits per heavy atom. The Bertz CT molecular complexity index is 1120. The van der Waals surface area contributed by atoms with E-state index in [9.17, 15) is 9.18 Å². The highest BCUT2D eigenvalue weighted by atomic mass is 19.1. The van der Waals surface area contributed by atoms with Crippen LogP contribution in [0, 0.1) is 12.7 Å². The normalized spacial score (nSPS) is 14.2. The Kier molecular flexibility index (Phi) is 5.26. The van der Waals surface area contributed by atoms with Crippen LogP contribution < -0.4 is 10.2 Å². The number of amides is 1. The number of nitrogens with one attached hydrogen (secondary N) is 1. The van der Waals surface area contributed by atoms with Gasteiger partial charge in [0.05, 0.1) is 7.05 Å². The van der Waals surface area contributed by atoms with E-state index >= 15 is 0 Å². The fourth-order valence-corrected chi connectivity index (χ4v) is 3.48. The number of anilines is 2. The van der Waals surface area contributed by atoms with Gasteiger partial charge in [-0.15, -0.1) is 5.10 Å². The van der Waals surface area contributed by atoms with Gasteiger partial charge in [0, 0.05) is 24.8 Å². The SMILES string of the molecule is CC1=C(c2ccc(NC(=O)c3ccc(F)cc3C)nc2)CN(c2nnn(C)n2)CC1. The van der Waals surface area contributed by atoms with Crippen LogP contribution in [0.25, 0.3) is 5.57 Å². The second-order valence-electron chi connectivity index (χ2n) is 7.35. The first kappa shape index (κ1) is 19.7. The van der Waals surface area contributed by atoms with E-state index in [2.05, 4.69) is 37.5 Å². The highest BCUT2D eigenvalue weighted by Crippen LogP contribution is 2.28. The number of aromatic nitrogens is 5. The average Bonchev–Trinajstić information content (AvgIpc) is 3.15. The molecule has 0 saturated carbocycles. The van der Waals surface area contributed by atoms with Crippen molar-refractivity contribution in [3.63, 3.8) is 0 Å². The van der Waals surface area contributed by atoms with Crippen LogP contribution in [0.3, 0.4) is 0 Å². The summed E-state index contributed by atoms with van der Waals surface area (Å²) in [4.78, 5) is 20.4. The van der Waals surface area contributed by atoms with Gasteiger partial charge in [0.25, 0.3) is 11.9 Å². The summed E-state index contributed by atoms with van der Waals surface area (Å²) in [5.74, 6) is 0.358. The first-order chi connectivity index (χ1) is 14.4. The van der Waals surface area contributed by atoms with Gasteiger partial charge >= 0.3 is 0 Å². The molecule has 0 bridgehead atoms. The number of carbonyl (C=O) groups is 1. The molecule has 3 aromatic rings. The minimum atomic E-state index is -0.367. The van der Waals surface area contributed by atoms with Gasteiger partial charge in [0.15, 0.2) is 0 Å². The Labute approximate surface area is 173 Å². The topological polar surface area (TPSA) is 88.8 Å². The first-order valence-corrected chi connectivity index (χ1v) is 9.62. The summed E-state index contributed by atoms with van der Waals surface area (Å²) >= 11 is 0. The summed E-state index contributed by atoms with van der Waals surface area (Å²) in [6, 6.07) is 7.79. The summed E-state index contributed by atoms with van der Waals surface area (Å²) in [5.41, 5.74) is 4.42. The molecule has 0 radical (unpaired) electrons. The largest absolute Gasteiger partial charge is 0.334 e. The van der Waals surface area contributed by atoms with Gasteiger partial charge in [-0.25, -0.2) is 9.37 Å². The third kappa shape index (κ3) is 4.05. The lowest BCUT2D eigenvalue weighted by Gasteiger charge is -2.28. The van der Waals surface area contributed by atoms with E-state index in [1.54, 1.807) is 26.2 Å². The zero-order valence-electron chi connectivity index (χ0n) is 17.1. The molecule has 0 aliphatic carbocycles. The molecule has 8 nitrogen and oxygen atoms in total. The quantitative estimate of drug-likeness (QED) is 0.715. The van der Waals surface area contributed by atoms with Crippen molar-refractivity contribution < 1.29 is 9.18 Å². The molecule has 9 heteroatoms. The van der Waals surface area contributed by atoms with E-state index in [1.165, 1.54) is 28.6 Å². The standard InChI is InChI=1S/C21H22FN7O/c1-13-8-9-29(21-25-27-28(3)26-21)12-18(13)15-4-7-19(23-11-15)24-20(30)17-6-5-16(22)10-14(17)2/h4-7,10-11H,8-9,12H2,1-3H3,(H,23,24,30). The van der Waals surface area contributed by atoms with Crippen molar-refractivity contribution >= 4 is 23.2 Å². The first-order valence-electron chi connectivity index (χ1n) is 9.62. The van der Waals surface area contributed by atoms with Crippen molar-refractivity contribution in [2.75, 3.05) is 23.3 Å². The molecule has 1 aromatic carbocycles. The van der Waals surface area contributed by atoms with Crippen molar-refractivity contribution in [1.82, 2.24) is 25.2 Å². The van der Waals surface area contributed by atoms with E-state index in [1.807, 2.05) is 6.07 Å². The van der Waals surface area contributed by atoms with Crippen LogP contribution in [-0.2, 0) is 7.05 Å². The molecular weight excluding hydrogens is 385 g/mol. The zero-order chi connectivity index (χ0) is 21.3. The monoisotopic (exact) mass is 407 g/mol. The number of tetrazole rings is 1. The molecule has 0 unspecified atom stereocenters. The van der Waals surface area contributed by atoms with Crippen LogP contribution in [0.15, 0.2) is 42.1 Å². The van der Waals surface area contributed by atoms with Gasteiger partial charge in [-0.1, -0.05) is 10.7 Å². The molecule has 4 rings (SSSR count). The van der Waals surface area contributed by atoms with E-state index in [-0.39, 0.29) is 11.7 Å². The molecule has 154 valence electrons. The lowest BCUT2D eigenvalue weighted by atomic mass is 9.96. The van der Waals surface area contributed by atoms with Crippen LogP contribution in [-0.4, -0.2) is 44.2 Å². The van der Waals surface area contributed by atoms with E-state index in [4.69, 9.17) is 0 Å². The predicted molar refractivity (Wildman–Crippen MR) is 112 cm³/mol. The number of hydrogen-bond acceptors (Lipinski definition) is 6. The Morgan fingerprint density at radius 3 is 2.70 bits per heavy atom. The molecule has 1 N–H and O–H groups in total. The number of pyridine rings is 1. The predicted octanol–water partition coefficient (Wildman–Crippen LogP) is 2.99. The van der Waals surface area contributed by atoms with Crippen molar-refractivity contribution in [2.24, 2.45) is 7.05 Å². The Hall–Kier alpha value is -3.62. The summed E-state index contributed by atoms with van der Waals surface area (Å²) in [6.45, 7) is 5.31. The molecule has 1 aliphatic rings. The Morgan fingerprint density at radius 1 is 1.20 bits per heavy atom. The maximum absolute atomic E-state index is 13.3. The maximum Gasteiger partial charge on any atom is 0.266 e. The Balaban J connectivity index is 1.49. The number of hydrogen-bond donors (Lipinski definition) is 1. The number of nitrogens with zero attached hydrogens (tertiary/aromatic N) is 6. The fourth-order valence-electron chi connectivity index (χ4n) is 3.48. The van der Waals surface area contributed by atoms with E-state index < -0.39 is 0 Å². The molecule has 0 atom stereocenters. The van der Waals surface area contributed by atoms with Crippen LogP contribution >= 0.6 is 0 Å². The minimum Gasteiger partial charge on any atom is -0.334 e. The number of aryl methyl sites for hydroxylation is 2. The van der Waals surface area contributed by atoms with Gasteiger partial charge in [-0.2, -0.15) is 4.80 Å². The van der Waals surface area contributed by atoms with Crippen molar-refractivity contribution in [2.45, 2.75) is 20.3 Å². The highest BCUT2D eigenvalue weighted by molar-refractivity contribution is 6.04. The van der Waals surface area contributed by atoms with Crippen LogP contribution in [0.4, 0.5) is 16.2 Å². The van der Waals surface area contributed by atoms with Crippen molar-refractivity contribution in [3.8, 4) is 0 Å². The average molecular weight is 407 g/mol. The smallest absolute Gasteiger partial charge is 0.266 e. The van der Waals surface area contributed by atoms with Crippen LogP contribution in [0.5, 0.6) is 0 Å². The number of benzene rings is 1. The van der Waals surface area contributed by atoms with Crippen LogP contribution in [0.2, 0.25) is 0 Å². The van der Waals surface area contributed by atoms with Crippen molar-refractivity contribution in [1.29, 1.82) is 0 Å². The van der Waals surface area contributed by atoms with Gasteiger partial charge in [-0.05, 0) is 72.5 Å². The summed E-state index contributed by atoms with van der Waals surface area (Å²) in [6.07, 6.45) is 2.65. The lowest BCUT2D eigenvalue weighted by molar-refractivity contribution is 0.102. The highest BCUT2D eigenvalue weighted by Gasteiger charge is 2.21. The lowest BCUT2D eigenvalue weighted by Crippen LogP contribution is -2.31. The molecule has 30 heavy (non-hydrogen) atoms. The number of halogens is 1. The second kappa shape index (κ2) is 8.02. The summed E-state index contributed by atoms with van der Waals surface area (Å²) in [5, 5.41) is 15.1. The van der Waals surface area contributed by atoms with Gasteiger partial charge in [0.2, 0.25) is 0 Å². The molecule has 1 amide bonds. The third-order valence-corrected chi connectivity index (χ3v) is 5.19. The number of carbonyl (C=O) groups excluding carboxylic acids is 1. The maximum atomic E-state index is 13.3. The fraction of sp³-hybridized carbons (Fsp3) is 0.286. The molecule has 1 aliphatic heterocycles. The third-order valence-electron chi connectivity index (χ3n) is 5.19.